The third-order valence-corrected chi connectivity index (χ3v) is 6.06. The zero-order valence-electron chi connectivity index (χ0n) is 7.21. The van der Waals surface area contributed by atoms with Crippen LogP contribution >= 0.6 is 10.5 Å². The Hall–Kier alpha value is -1.16. The van der Waals surface area contributed by atoms with Gasteiger partial charge in [0.05, 0.1) is 4.92 Å². The molecule has 3 nitrogen and oxygen atoms in total. The van der Waals surface area contributed by atoms with Gasteiger partial charge in [0.25, 0.3) is 5.69 Å². The summed E-state index contributed by atoms with van der Waals surface area (Å²) < 4.78 is 0. The smallest absolute Gasteiger partial charge is 0.258 e. The van der Waals surface area contributed by atoms with Crippen LogP contribution in [0.25, 0.3) is 0 Å². The number of fused-ring (bicyclic) bond motifs is 4. The predicted molar refractivity (Wildman–Crippen MR) is 56.0 cm³/mol. The van der Waals surface area contributed by atoms with Crippen LogP contribution in [-0.4, -0.2) is 15.5 Å². The molecule has 0 spiro atoms. The minimum atomic E-state index is -0.242. The van der Waals surface area contributed by atoms with Gasteiger partial charge in [-0.25, -0.2) is 0 Å². The van der Waals surface area contributed by atoms with Gasteiger partial charge in [-0.2, -0.15) is 10.5 Å². The summed E-state index contributed by atoms with van der Waals surface area (Å²) in [7, 11) is 0.506. The van der Waals surface area contributed by atoms with Crippen molar-refractivity contribution in [2.45, 2.75) is 16.4 Å². The normalized spacial score (nSPS) is 39.1. The molecule has 3 aliphatic rings. The molecule has 0 amide bonds. The van der Waals surface area contributed by atoms with Crippen LogP contribution in [0.3, 0.4) is 0 Å². The van der Waals surface area contributed by atoms with Gasteiger partial charge in [-0.1, -0.05) is 17.5 Å². The average molecular weight is 205 g/mol. The first-order valence-electron chi connectivity index (χ1n) is 4.62. The van der Waals surface area contributed by atoms with Gasteiger partial charge in [0.1, 0.15) is 0 Å². The zero-order chi connectivity index (χ0) is 9.45. The molecule has 0 aromatic heterocycles. The van der Waals surface area contributed by atoms with Crippen LogP contribution in [0.5, 0.6) is 0 Å². The molecule has 0 radical (unpaired) electrons. The number of benzene rings is 1. The van der Waals surface area contributed by atoms with Gasteiger partial charge in [-0.15, -0.1) is 0 Å². The van der Waals surface area contributed by atoms with Gasteiger partial charge in [-0.05, 0) is 5.56 Å². The fraction of sp³-hybridized carbons (Fsp3) is 0.300. The topological polar surface area (TPSA) is 43.1 Å². The van der Waals surface area contributed by atoms with Gasteiger partial charge < -0.3 is 0 Å². The lowest BCUT2D eigenvalue weighted by Gasteiger charge is -2.18. The molecule has 0 N–H and O–H groups in total. The predicted octanol–water partition coefficient (Wildman–Crippen LogP) is 2.20. The summed E-state index contributed by atoms with van der Waals surface area (Å²) in [6.07, 6.45) is 0. The second kappa shape index (κ2) is 1.93. The first kappa shape index (κ1) is 7.17. The van der Waals surface area contributed by atoms with Crippen LogP contribution in [-0.2, 0) is 0 Å². The van der Waals surface area contributed by atoms with Crippen LogP contribution < -0.4 is 0 Å². The number of nitro groups is 1. The third kappa shape index (κ3) is 0.572. The lowest BCUT2D eigenvalue weighted by molar-refractivity contribution is -0.385. The molecule has 4 heteroatoms. The van der Waals surface area contributed by atoms with Gasteiger partial charge in [0.2, 0.25) is 0 Å². The zero-order valence-corrected chi connectivity index (χ0v) is 8.03. The van der Waals surface area contributed by atoms with E-state index in [2.05, 4.69) is 11.4 Å². The molecule has 1 aromatic carbocycles. The monoisotopic (exact) mass is 205 g/mol. The van der Waals surface area contributed by atoms with E-state index in [1.165, 1.54) is 5.56 Å². The van der Waals surface area contributed by atoms with Crippen molar-refractivity contribution in [3.05, 3.63) is 39.4 Å². The quantitative estimate of drug-likeness (QED) is 0.305. The molecule has 1 saturated heterocycles. The molecule has 1 fully saturated rings. The molecule has 4 atom stereocenters. The molecular weight excluding hydrogens is 198 g/mol. The highest BCUT2D eigenvalue weighted by molar-refractivity contribution is 8.24. The Kier molecular flexibility index (Phi) is 0.990. The van der Waals surface area contributed by atoms with E-state index in [-0.39, 0.29) is 4.92 Å². The molecule has 2 heterocycles. The third-order valence-electron chi connectivity index (χ3n) is 3.44. The highest BCUT2D eigenvalue weighted by Gasteiger charge is 2.63. The standard InChI is InChI=1S/C10H7NO2S/c12-11(13)7-3-1-2-5-8(7)6-4-14-9(5)10(6)14/h1-4,6,9-10H. The molecule has 2 aliphatic heterocycles. The lowest BCUT2D eigenvalue weighted by atomic mass is 10.0. The van der Waals surface area contributed by atoms with E-state index in [0.29, 0.717) is 27.3 Å². The Morgan fingerprint density at radius 2 is 2.29 bits per heavy atom. The molecule has 14 heavy (non-hydrogen) atoms. The summed E-state index contributed by atoms with van der Waals surface area (Å²) in [6.45, 7) is 0. The van der Waals surface area contributed by atoms with Gasteiger partial charge in [0.15, 0.2) is 0 Å². The van der Waals surface area contributed by atoms with Crippen molar-refractivity contribution >= 4 is 21.5 Å². The van der Waals surface area contributed by atoms with Crippen LogP contribution in [0.1, 0.15) is 22.3 Å². The second-order valence-corrected chi connectivity index (χ2v) is 6.13. The molecule has 0 bridgehead atoms. The molecule has 1 aromatic rings. The number of hydrogen-bond donors (Lipinski definition) is 0. The van der Waals surface area contributed by atoms with Crippen molar-refractivity contribution in [1.82, 2.24) is 0 Å². The van der Waals surface area contributed by atoms with Crippen molar-refractivity contribution in [2.24, 2.45) is 0 Å². The average Bonchev–Trinajstić information content (AvgIpc) is 2.62. The van der Waals surface area contributed by atoms with Crippen molar-refractivity contribution in [3.8, 4) is 0 Å². The van der Waals surface area contributed by atoms with E-state index in [9.17, 15) is 10.1 Å². The summed E-state index contributed by atoms with van der Waals surface area (Å²) in [6, 6.07) is 5.52. The Morgan fingerprint density at radius 3 is 3.07 bits per heavy atom. The van der Waals surface area contributed by atoms with Crippen molar-refractivity contribution in [2.75, 3.05) is 0 Å². The fourth-order valence-corrected chi connectivity index (χ4v) is 5.59. The van der Waals surface area contributed by atoms with Crippen molar-refractivity contribution < 1.29 is 4.92 Å². The number of rotatable bonds is 1. The largest absolute Gasteiger partial charge is 0.273 e. The SMILES string of the molecule is O=[N+]([O-])c1cccc2c1C1C=S3C2C13. The summed E-state index contributed by atoms with van der Waals surface area (Å²) in [5.74, 6) is 0.417. The number of nitrogens with zero attached hydrogens (tertiary/aromatic N) is 1. The maximum atomic E-state index is 10.8. The Bertz CT molecular complexity index is 523. The highest BCUT2D eigenvalue weighted by Crippen LogP contribution is 2.78. The van der Waals surface area contributed by atoms with Crippen LogP contribution in [0, 0.1) is 10.1 Å². The Morgan fingerprint density at radius 1 is 1.43 bits per heavy atom. The first-order chi connectivity index (χ1) is 6.79. The summed E-state index contributed by atoms with van der Waals surface area (Å²) >= 11 is 0. The highest BCUT2D eigenvalue weighted by atomic mass is 32.2. The van der Waals surface area contributed by atoms with E-state index in [0.717, 1.165) is 10.8 Å². The van der Waals surface area contributed by atoms with E-state index < -0.39 is 0 Å². The number of nitro benzene ring substituents is 1. The molecular formula is C10H7NO2S. The molecule has 70 valence electrons. The molecule has 1 aliphatic carbocycles. The Labute approximate surface area is 82.8 Å². The van der Waals surface area contributed by atoms with Crippen LogP contribution in [0.2, 0.25) is 0 Å². The molecule has 0 saturated carbocycles. The van der Waals surface area contributed by atoms with E-state index in [4.69, 9.17) is 0 Å². The van der Waals surface area contributed by atoms with Crippen LogP contribution in [0.4, 0.5) is 5.69 Å². The minimum Gasteiger partial charge on any atom is -0.258 e. The summed E-state index contributed by atoms with van der Waals surface area (Å²) in [5, 5.41) is 14.6. The fourth-order valence-electron chi connectivity index (χ4n) is 2.83. The number of hydrogen-bond acceptors (Lipinski definition) is 2. The Balaban J connectivity index is 2.02. The second-order valence-electron chi connectivity index (χ2n) is 3.99. The van der Waals surface area contributed by atoms with Gasteiger partial charge in [-0.3, -0.25) is 10.1 Å². The van der Waals surface area contributed by atoms with Crippen LogP contribution in [0.15, 0.2) is 18.2 Å². The van der Waals surface area contributed by atoms with E-state index in [1.807, 2.05) is 6.07 Å². The molecule has 4 rings (SSSR count). The molecule has 4 unspecified atom stereocenters. The maximum Gasteiger partial charge on any atom is 0.273 e. The minimum absolute atomic E-state index is 0.242. The lowest BCUT2D eigenvalue weighted by Crippen LogP contribution is -2.11. The first-order valence-corrected chi connectivity index (χ1v) is 6.03. The van der Waals surface area contributed by atoms with Gasteiger partial charge >= 0.3 is 0 Å². The van der Waals surface area contributed by atoms with Gasteiger partial charge in [0, 0.05) is 28.0 Å². The van der Waals surface area contributed by atoms with E-state index in [1.54, 1.807) is 6.07 Å². The van der Waals surface area contributed by atoms with Crippen molar-refractivity contribution in [3.63, 3.8) is 0 Å². The van der Waals surface area contributed by atoms with Crippen molar-refractivity contribution in [1.29, 1.82) is 0 Å². The summed E-state index contributed by atoms with van der Waals surface area (Å²) in [5.41, 5.74) is 2.61. The summed E-state index contributed by atoms with van der Waals surface area (Å²) in [4.78, 5) is 10.6. The maximum absolute atomic E-state index is 10.8. The van der Waals surface area contributed by atoms with E-state index >= 15 is 0 Å².